The Kier molecular flexibility index (Phi) is 4.66. The number of amides is 1. The largest absolute Gasteiger partial charge is 0.368 e. The van der Waals surface area contributed by atoms with Gasteiger partial charge in [-0.2, -0.15) is 0 Å². The summed E-state index contributed by atoms with van der Waals surface area (Å²) in [5.41, 5.74) is 1.85. The van der Waals surface area contributed by atoms with Crippen molar-refractivity contribution >= 4 is 17.7 Å². The number of aromatic nitrogens is 1. The minimum Gasteiger partial charge on any atom is -0.368 e. The third kappa shape index (κ3) is 3.94. The molecule has 4 nitrogen and oxygen atoms in total. The maximum absolute atomic E-state index is 13.1. The van der Waals surface area contributed by atoms with E-state index >= 15 is 0 Å². The molecule has 1 aliphatic rings. The molecule has 3 rings (SSSR count). The number of aromatic amines is 1. The standard InChI is InChI=1S/C18H18FN3O/c19-16-3-1-2-15(14-16)4-5-18(23)22-12-10-21(11-13-22)17-6-8-20-9-7-17/h1-9,14H,10-13H2/p+1/b5-4+. The van der Waals surface area contributed by atoms with Crippen LogP contribution in [0.2, 0.25) is 0 Å². The quantitative estimate of drug-likeness (QED) is 0.813. The van der Waals surface area contributed by atoms with Crippen molar-refractivity contribution in [2.75, 3.05) is 31.1 Å². The summed E-state index contributed by atoms with van der Waals surface area (Å²) in [5.74, 6) is -0.330. The van der Waals surface area contributed by atoms with E-state index < -0.39 is 0 Å². The number of hydrogen-bond donors (Lipinski definition) is 0. The zero-order valence-corrected chi connectivity index (χ0v) is 12.8. The lowest BCUT2D eigenvalue weighted by Gasteiger charge is -2.35. The number of H-pyrrole nitrogens is 1. The number of anilines is 1. The molecule has 0 unspecified atom stereocenters. The summed E-state index contributed by atoms with van der Waals surface area (Å²) < 4.78 is 13.1. The van der Waals surface area contributed by atoms with Crippen molar-refractivity contribution in [3.05, 3.63) is 66.2 Å². The number of rotatable bonds is 3. The SMILES string of the molecule is O=C(/C=C/c1cccc(F)c1)N1CCN(c2cc[nH+]cc2)CC1. The summed E-state index contributed by atoms with van der Waals surface area (Å²) in [4.78, 5) is 19.3. The Morgan fingerprint density at radius 2 is 1.83 bits per heavy atom. The Bertz CT molecular complexity index is 694. The molecule has 1 fully saturated rings. The summed E-state index contributed by atoms with van der Waals surface area (Å²) in [7, 11) is 0. The number of nitrogens with one attached hydrogen (secondary N) is 1. The van der Waals surface area contributed by atoms with Crippen molar-refractivity contribution in [1.82, 2.24) is 4.90 Å². The van der Waals surface area contributed by atoms with E-state index in [0.29, 0.717) is 18.7 Å². The van der Waals surface area contributed by atoms with Crippen molar-refractivity contribution in [3.8, 4) is 0 Å². The molecule has 1 aromatic heterocycles. The molecule has 2 heterocycles. The first-order valence-corrected chi connectivity index (χ1v) is 7.66. The molecule has 1 amide bonds. The molecular formula is C18H19FN3O+. The minimum absolute atomic E-state index is 0.0321. The molecule has 0 atom stereocenters. The molecule has 0 bridgehead atoms. The summed E-state index contributed by atoms with van der Waals surface area (Å²) in [5, 5.41) is 0. The molecule has 23 heavy (non-hydrogen) atoms. The van der Waals surface area contributed by atoms with Crippen LogP contribution in [0.1, 0.15) is 5.56 Å². The predicted octanol–water partition coefficient (Wildman–Crippen LogP) is 2.00. The topological polar surface area (TPSA) is 37.7 Å². The van der Waals surface area contributed by atoms with Gasteiger partial charge in [-0.3, -0.25) is 4.79 Å². The van der Waals surface area contributed by atoms with Crippen LogP contribution in [-0.4, -0.2) is 37.0 Å². The maximum Gasteiger partial charge on any atom is 0.246 e. The highest BCUT2D eigenvalue weighted by atomic mass is 19.1. The van der Waals surface area contributed by atoms with E-state index in [4.69, 9.17) is 0 Å². The van der Waals surface area contributed by atoms with E-state index in [0.717, 1.165) is 18.8 Å². The van der Waals surface area contributed by atoms with Gasteiger partial charge < -0.3 is 9.80 Å². The smallest absolute Gasteiger partial charge is 0.246 e. The average molecular weight is 312 g/mol. The highest BCUT2D eigenvalue weighted by Crippen LogP contribution is 2.14. The fraction of sp³-hybridized carbons (Fsp3) is 0.222. The first-order chi connectivity index (χ1) is 11.2. The number of carbonyl (C=O) groups is 1. The van der Waals surface area contributed by atoms with Crippen LogP contribution in [-0.2, 0) is 4.79 Å². The molecule has 0 aliphatic carbocycles. The van der Waals surface area contributed by atoms with Crippen LogP contribution in [0.5, 0.6) is 0 Å². The van der Waals surface area contributed by atoms with Crippen molar-refractivity contribution in [3.63, 3.8) is 0 Å². The Morgan fingerprint density at radius 3 is 2.52 bits per heavy atom. The number of piperazine rings is 1. The monoisotopic (exact) mass is 312 g/mol. The minimum atomic E-state index is -0.298. The first kappa shape index (κ1) is 15.2. The number of nitrogens with zero attached hydrogens (tertiary/aromatic N) is 2. The van der Waals surface area contributed by atoms with Gasteiger partial charge in [0.15, 0.2) is 12.4 Å². The lowest BCUT2D eigenvalue weighted by Crippen LogP contribution is -2.48. The molecule has 1 N–H and O–H groups in total. The third-order valence-corrected chi connectivity index (χ3v) is 3.92. The second-order valence-electron chi connectivity index (χ2n) is 5.46. The van der Waals surface area contributed by atoms with Crippen LogP contribution < -0.4 is 9.88 Å². The van der Waals surface area contributed by atoms with E-state index in [9.17, 15) is 9.18 Å². The van der Waals surface area contributed by atoms with Crippen molar-refractivity contribution < 1.29 is 14.2 Å². The van der Waals surface area contributed by atoms with Crippen LogP contribution >= 0.6 is 0 Å². The van der Waals surface area contributed by atoms with Crippen LogP contribution in [0, 0.1) is 5.82 Å². The van der Waals surface area contributed by atoms with Gasteiger partial charge in [0.05, 0.1) is 0 Å². The van der Waals surface area contributed by atoms with Crippen molar-refractivity contribution in [2.45, 2.75) is 0 Å². The fourth-order valence-electron chi connectivity index (χ4n) is 2.66. The second kappa shape index (κ2) is 7.05. The van der Waals surface area contributed by atoms with Crippen LogP contribution in [0.3, 0.4) is 0 Å². The summed E-state index contributed by atoms with van der Waals surface area (Å²) >= 11 is 0. The lowest BCUT2D eigenvalue weighted by atomic mass is 10.2. The van der Waals surface area contributed by atoms with Crippen LogP contribution in [0.4, 0.5) is 10.1 Å². The Balaban J connectivity index is 1.56. The van der Waals surface area contributed by atoms with Gasteiger partial charge in [-0.15, -0.1) is 0 Å². The molecule has 0 saturated carbocycles. The van der Waals surface area contributed by atoms with Gasteiger partial charge in [-0.1, -0.05) is 12.1 Å². The first-order valence-electron chi connectivity index (χ1n) is 7.66. The summed E-state index contributed by atoms with van der Waals surface area (Å²) in [6.45, 7) is 2.99. The van der Waals surface area contributed by atoms with Gasteiger partial charge in [0.25, 0.3) is 0 Å². The molecule has 2 aromatic rings. The number of benzene rings is 1. The Morgan fingerprint density at radius 1 is 1.09 bits per heavy atom. The van der Waals surface area contributed by atoms with E-state index in [-0.39, 0.29) is 11.7 Å². The molecule has 1 saturated heterocycles. The molecule has 118 valence electrons. The van der Waals surface area contributed by atoms with E-state index in [2.05, 4.69) is 9.88 Å². The normalized spacial score (nSPS) is 15.2. The zero-order chi connectivity index (χ0) is 16.1. The average Bonchev–Trinajstić information content (AvgIpc) is 2.61. The van der Waals surface area contributed by atoms with E-state index in [1.54, 1.807) is 18.2 Å². The van der Waals surface area contributed by atoms with Crippen molar-refractivity contribution in [1.29, 1.82) is 0 Å². The van der Waals surface area contributed by atoms with E-state index in [1.807, 2.05) is 29.4 Å². The lowest BCUT2D eigenvalue weighted by molar-refractivity contribution is -0.377. The van der Waals surface area contributed by atoms with Gasteiger partial charge in [0, 0.05) is 50.1 Å². The molecule has 0 spiro atoms. The van der Waals surface area contributed by atoms with E-state index in [1.165, 1.54) is 18.2 Å². The van der Waals surface area contributed by atoms with Gasteiger partial charge in [-0.25, -0.2) is 9.37 Å². The highest BCUT2D eigenvalue weighted by molar-refractivity contribution is 5.91. The van der Waals surface area contributed by atoms with Crippen molar-refractivity contribution in [2.24, 2.45) is 0 Å². The zero-order valence-electron chi connectivity index (χ0n) is 12.8. The van der Waals surface area contributed by atoms with Crippen LogP contribution in [0.25, 0.3) is 6.08 Å². The third-order valence-electron chi connectivity index (χ3n) is 3.92. The predicted molar refractivity (Wildman–Crippen MR) is 87.2 cm³/mol. The summed E-state index contributed by atoms with van der Waals surface area (Å²) in [6.07, 6.45) is 6.97. The number of pyridine rings is 1. The second-order valence-corrected chi connectivity index (χ2v) is 5.46. The fourth-order valence-corrected chi connectivity index (χ4v) is 2.66. The molecule has 0 radical (unpaired) electrons. The maximum atomic E-state index is 13.1. The number of halogens is 1. The van der Waals surface area contributed by atoms with Crippen LogP contribution in [0.15, 0.2) is 54.9 Å². The molecular weight excluding hydrogens is 293 g/mol. The highest BCUT2D eigenvalue weighted by Gasteiger charge is 2.19. The Labute approximate surface area is 134 Å². The Hall–Kier alpha value is -2.69. The van der Waals surface area contributed by atoms with Gasteiger partial charge in [0.1, 0.15) is 5.82 Å². The van der Waals surface area contributed by atoms with Gasteiger partial charge in [-0.05, 0) is 23.8 Å². The number of hydrogen-bond acceptors (Lipinski definition) is 2. The van der Waals surface area contributed by atoms with Gasteiger partial charge in [0.2, 0.25) is 5.91 Å². The molecule has 5 heteroatoms. The molecule has 1 aliphatic heterocycles. The molecule has 1 aromatic carbocycles. The number of carbonyl (C=O) groups excluding carboxylic acids is 1. The summed E-state index contributed by atoms with van der Waals surface area (Å²) in [6, 6.07) is 10.3. The van der Waals surface area contributed by atoms with Gasteiger partial charge >= 0.3 is 0 Å².